The van der Waals surface area contributed by atoms with Crippen molar-refractivity contribution in [1.29, 1.82) is 0 Å². The monoisotopic (exact) mass is 354 g/mol. The van der Waals surface area contributed by atoms with E-state index in [9.17, 15) is 4.79 Å². The van der Waals surface area contributed by atoms with Crippen LogP contribution in [0.3, 0.4) is 0 Å². The number of halogens is 2. The molecule has 0 bridgehead atoms. The van der Waals surface area contributed by atoms with E-state index in [0.29, 0.717) is 21.1 Å². The molecular formula is C13H12BrClN4O. The smallest absolute Gasteiger partial charge is 0.257 e. The molecule has 2 aromatic heterocycles. The van der Waals surface area contributed by atoms with Gasteiger partial charge in [-0.25, -0.2) is 15.0 Å². The van der Waals surface area contributed by atoms with E-state index in [1.807, 2.05) is 6.92 Å². The fraction of sp³-hybridized carbons (Fsp3) is 0.231. The summed E-state index contributed by atoms with van der Waals surface area (Å²) in [4.78, 5) is 24.3. The lowest BCUT2D eigenvalue weighted by molar-refractivity contribution is 0.102. The molecule has 5 nitrogen and oxygen atoms in total. The van der Waals surface area contributed by atoms with Crippen molar-refractivity contribution in [2.24, 2.45) is 0 Å². The Labute approximate surface area is 129 Å². The largest absolute Gasteiger partial charge is 0.305 e. The van der Waals surface area contributed by atoms with Crippen LogP contribution in [0.1, 0.15) is 29.4 Å². The lowest BCUT2D eigenvalue weighted by atomic mass is 10.1. The van der Waals surface area contributed by atoms with Gasteiger partial charge < -0.3 is 5.32 Å². The van der Waals surface area contributed by atoms with Crippen molar-refractivity contribution >= 4 is 39.3 Å². The molecule has 0 aliphatic heterocycles. The van der Waals surface area contributed by atoms with Crippen LogP contribution in [0.5, 0.6) is 0 Å². The maximum absolute atomic E-state index is 12.1. The van der Waals surface area contributed by atoms with E-state index >= 15 is 0 Å². The summed E-state index contributed by atoms with van der Waals surface area (Å²) in [7, 11) is 0. The Kier molecular flexibility index (Phi) is 5.03. The molecule has 0 spiro atoms. The van der Waals surface area contributed by atoms with E-state index in [-0.39, 0.29) is 5.91 Å². The van der Waals surface area contributed by atoms with Crippen LogP contribution in [0, 0.1) is 0 Å². The van der Waals surface area contributed by atoms with Gasteiger partial charge in [-0.05, 0) is 34.5 Å². The first-order chi connectivity index (χ1) is 9.58. The van der Waals surface area contributed by atoms with Crippen molar-refractivity contribution in [1.82, 2.24) is 15.0 Å². The summed E-state index contributed by atoms with van der Waals surface area (Å²) >= 11 is 9.11. The third kappa shape index (κ3) is 3.98. The van der Waals surface area contributed by atoms with Gasteiger partial charge in [0.05, 0.1) is 12.4 Å². The van der Waals surface area contributed by atoms with Gasteiger partial charge in [0, 0.05) is 11.3 Å². The van der Waals surface area contributed by atoms with E-state index in [2.05, 4.69) is 36.2 Å². The van der Waals surface area contributed by atoms with Crippen molar-refractivity contribution in [3.05, 3.63) is 45.5 Å². The van der Waals surface area contributed by atoms with Gasteiger partial charge in [0.25, 0.3) is 5.91 Å². The summed E-state index contributed by atoms with van der Waals surface area (Å²) in [5.74, 6) is 0.0893. The number of aryl methyl sites for hydroxylation is 1. The number of rotatable bonds is 4. The molecule has 0 fully saturated rings. The highest BCUT2D eigenvalue weighted by Crippen LogP contribution is 2.14. The van der Waals surface area contributed by atoms with Gasteiger partial charge in [-0.3, -0.25) is 4.79 Å². The number of carbonyl (C=O) groups is 1. The second kappa shape index (κ2) is 6.76. The Bertz CT molecular complexity index is 618. The minimum atomic E-state index is -0.289. The van der Waals surface area contributed by atoms with Crippen LogP contribution in [-0.4, -0.2) is 20.9 Å². The third-order valence-corrected chi connectivity index (χ3v) is 3.08. The summed E-state index contributed by atoms with van der Waals surface area (Å²) < 4.78 is 0.604. The molecule has 0 aliphatic carbocycles. The molecule has 1 amide bonds. The molecule has 2 aromatic rings. The molecule has 7 heteroatoms. The van der Waals surface area contributed by atoms with Gasteiger partial charge in [-0.2, -0.15) is 0 Å². The highest BCUT2D eigenvalue weighted by molar-refractivity contribution is 9.10. The zero-order valence-electron chi connectivity index (χ0n) is 10.7. The number of aromatic nitrogens is 3. The maximum atomic E-state index is 12.1. The standard InChI is InChI=1S/C13H12BrClN4O/c1-2-3-9-4-8(5-11(15)18-9)13(20)19-12-7-16-10(14)6-17-12/h4-7H,2-3H2,1H3,(H,17,19,20). The van der Waals surface area contributed by atoms with Gasteiger partial charge in [-0.15, -0.1) is 0 Å². The van der Waals surface area contributed by atoms with E-state index in [1.165, 1.54) is 18.5 Å². The van der Waals surface area contributed by atoms with Gasteiger partial charge >= 0.3 is 0 Å². The van der Waals surface area contributed by atoms with E-state index in [4.69, 9.17) is 11.6 Å². The average molecular weight is 356 g/mol. The summed E-state index contributed by atoms with van der Waals surface area (Å²) in [5.41, 5.74) is 1.25. The predicted molar refractivity (Wildman–Crippen MR) is 80.9 cm³/mol. The molecule has 2 heterocycles. The molecule has 2 rings (SSSR count). The van der Waals surface area contributed by atoms with Crippen molar-refractivity contribution in [2.75, 3.05) is 5.32 Å². The minimum Gasteiger partial charge on any atom is -0.305 e. The topological polar surface area (TPSA) is 67.8 Å². The summed E-state index contributed by atoms with van der Waals surface area (Å²) in [6.07, 6.45) is 4.70. The number of pyridine rings is 1. The maximum Gasteiger partial charge on any atom is 0.257 e. The number of carbonyl (C=O) groups excluding carboxylic acids is 1. The number of hydrogen-bond acceptors (Lipinski definition) is 4. The minimum absolute atomic E-state index is 0.289. The summed E-state index contributed by atoms with van der Waals surface area (Å²) in [6, 6.07) is 3.26. The quantitative estimate of drug-likeness (QED) is 0.852. The average Bonchev–Trinajstić information content (AvgIpc) is 2.41. The Hall–Kier alpha value is -1.53. The van der Waals surface area contributed by atoms with Gasteiger partial charge in [0.15, 0.2) is 5.82 Å². The summed E-state index contributed by atoms with van der Waals surface area (Å²) in [6.45, 7) is 2.04. The predicted octanol–water partition coefficient (Wildman–Crippen LogP) is 3.49. The molecule has 0 atom stereocenters. The number of hydrogen-bond donors (Lipinski definition) is 1. The second-order valence-corrected chi connectivity index (χ2v) is 5.30. The molecule has 0 aromatic carbocycles. The molecule has 0 aliphatic rings. The Morgan fingerprint density at radius 1 is 1.35 bits per heavy atom. The van der Waals surface area contributed by atoms with Crippen LogP contribution in [0.4, 0.5) is 5.82 Å². The number of amides is 1. The Balaban J connectivity index is 2.18. The molecular weight excluding hydrogens is 344 g/mol. The van der Waals surface area contributed by atoms with E-state index in [1.54, 1.807) is 6.07 Å². The highest BCUT2D eigenvalue weighted by Gasteiger charge is 2.10. The van der Waals surface area contributed by atoms with E-state index in [0.717, 1.165) is 18.5 Å². The normalized spacial score (nSPS) is 10.3. The molecule has 20 heavy (non-hydrogen) atoms. The zero-order valence-corrected chi connectivity index (χ0v) is 13.1. The Morgan fingerprint density at radius 2 is 2.15 bits per heavy atom. The lowest BCUT2D eigenvalue weighted by Gasteiger charge is -2.06. The molecule has 0 radical (unpaired) electrons. The van der Waals surface area contributed by atoms with Gasteiger partial charge in [0.2, 0.25) is 0 Å². The van der Waals surface area contributed by atoms with Crippen LogP contribution < -0.4 is 5.32 Å². The number of nitrogens with zero attached hydrogens (tertiary/aromatic N) is 3. The molecule has 104 valence electrons. The fourth-order valence-corrected chi connectivity index (χ4v) is 2.06. The number of nitrogens with one attached hydrogen (secondary N) is 1. The van der Waals surface area contributed by atoms with Crippen molar-refractivity contribution in [3.63, 3.8) is 0 Å². The molecule has 0 saturated heterocycles. The highest BCUT2D eigenvalue weighted by atomic mass is 79.9. The van der Waals surface area contributed by atoms with E-state index < -0.39 is 0 Å². The third-order valence-electron chi connectivity index (χ3n) is 2.48. The van der Waals surface area contributed by atoms with Crippen LogP contribution >= 0.6 is 27.5 Å². The Morgan fingerprint density at radius 3 is 2.80 bits per heavy atom. The van der Waals surface area contributed by atoms with Crippen LogP contribution in [-0.2, 0) is 6.42 Å². The number of anilines is 1. The summed E-state index contributed by atoms with van der Waals surface area (Å²) in [5, 5.41) is 2.97. The van der Waals surface area contributed by atoms with Crippen LogP contribution in [0.25, 0.3) is 0 Å². The first kappa shape index (κ1) is 14.9. The molecule has 0 saturated carbocycles. The first-order valence-corrected chi connectivity index (χ1v) is 7.21. The zero-order chi connectivity index (χ0) is 14.5. The van der Waals surface area contributed by atoms with Gasteiger partial charge in [0.1, 0.15) is 9.76 Å². The molecule has 0 unspecified atom stereocenters. The fourth-order valence-electron chi connectivity index (χ4n) is 1.63. The van der Waals surface area contributed by atoms with Crippen LogP contribution in [0.2, 0.25) is 5.15 Å². The van der Waals surface area contributed by atoms with Gasteiger partial charge in [-0.1, -0.05) is 24.9 Å². The van der Waals surface area contributed by atoms with Crippen molar-refractivity contribution < 1.29 is 4.79 Å². The van der Waals surface area contributed by atoms with Crippen molar-refractivity contribution in [2.45, 2.75) is 19.8 Å². The first-order valence-electron chi connectivity index (χ1n) is 6.04. The molecule has 1 N–H and O–H groups in total. The van der Waals surface area contributed by atoms with Crippen molar-refractivity contribution in [3.8, 4) is 0 Å². The SMILES string of the molecule is CCCc1cc(C(=O)Nc2cnc(Br)cn2)cc(Cl)n1. The second-order valence-electron chi connectivity index (χ2n) is 4.10. The lowest BCUT2D eigenvalue weighted by Crippen LogP contribution is -2.14. The van der Waals surface area contributed by atoms with Crippen LogP contribution in [0.15, 0.2) is 29.1 Å².